The van der Waals surface area contributed by atoms with Gasteiger partial charge >= 0.3 is 0 Å². The summed E-state index contributed by atoms with van der Waals surface area (Å²) in [6.07, 6.45) is 0. The topological polar surface area (TPSA) is 63.4 Å². The Bertz CT molecular complexity index is 793. The molecular weight excluding hydrogens is 344 g/mol. The third-order valence-corrected chi connectivity index (χ3v) is 5.17. The van der Waals surface area contributed by atoms with Gasteiger partial charge in [0.25, 0.3) is 11.6 Å². The van der Waals surface area contributed by atoms with Gasteiger partial charge in [0.05, 0.1) is 18.0 Å². The van der Waals surface area contributed by atoms with E-state index >= 15 is 0 Å². The van der Waals surface area contributed by atoms with Crippen molar-refractivity contribution in [3.05, 3.63) is 84.7 Å². The average Bonchev–Trinajstić information content (AvgIpc) is 3.27. The molecule has 0 aliphatic heterocycles. The van der Waals surface area contributed by atoms with Crippen molar-refractivity contribution in [2.24, 2.45) is 0 Å². The third kappa shape index (κ3) is 3.87. The van der Waals surface area contributed by atoms with Crippen molar-refractivity contribution in [1.29, 1.82) is 0 Å². The number of hydrogen-bond acceptors (Lipinski definition) is 5. The third-order valence-electron chi connectivity index (χ3n) is 3.44. The minimum Gasteiger partial charge on any atom is -0.328 e. The van der Waals surface area contributed by atoms with Crippen molar-refractivity contribution in [2.75, 3.05) is 0 Å². The maximum Gasteiger partial charge on any atom is 0.270 e. The van der Waals surface area contributed by atoms with Crippen molar-refractivity contribution in [3.63, 3.8) is 0 Å². The molecule has 7 heteroatoms. The normalized spacial score (nSPS) is 10.5. The van der Waals surface area contributed by atoms with Gasteiger partial charge < -0.3 is 4.90 Å². The Morgan fingerprint density at radius 2 is 1.62 bits per heavy atom. The number of benzene rings is 1. The van der Waals surface area contributed by atoms with Gasteiger partial charge in [0.15, 0.2) is 0 Å². The number of thiophene rings is 2. The summed E-state index contributed by atoms with van der Waals surface area (Å²) >= 11 is 3.17. The molecule has 24 heavy (non-hydrogen) atoms. The summed E-state index contributed by atoms with van der Waals surface area (Å²) in [4.78, 5) is 27.2. The van der Waals surface area contributed by atoms with Crippen molar-refractivity contribution < 1.29 is 9.72 Å². The van der Waals surface area contributed by atoms with E-state index in [4.69, 9.17) is 0 Å². The molecular formula is C17H14N2O3S2. The Labute approximate surface area is 146 Å². The molecule has 1 aromatic carbocycles. The molecule has 0 aliphatic carbocycles. The van der Waals surface area contributed by atoms with Gasteiger partial charge in [-0.3, -0.25) is 14.9 Å². The molecule has 0 saturated heterocycles. The van der Waals surface area contributed by atoms with E-state index in [0.717, 1.165) is 9.75 Å². The molecule has 0 bridgehead atoms. The van der Waals surface area contributed by atoms with Crippen LogP contribution >= 0.6 is 22.7 Å². The fraction of sp³-hybridized carbons (Fsp3) is 0.118. The summed E-state index contributed by atoms with van der Waals surface area (Å²) in [5, 5.41) is 14.9. The van der Waals surface area contributed by atoms with Gasteiger partial charge in [0.1, 0.15) is 0 Å². The number of rotatable bonds is 6. The largest absolute Gasteiger partial charge is 0.328 e. The van der Waals surface area contributed by atoms with Gasteiger partial charge in [-0.15, -0.1) is 22.7 Å². The standard InChI is InChI=1S/C17H14N2O3S2/c20-17(13-4-1-5-14(10-13)19(21)22)18(11-15-6-2-8-23-15)12-16-7-3-9-24-16/h1-10H,11-12H2. The molecule has 1 amide bonds. The summed E-state index contributed by atoms with van der Waals surface area (Å²) in [5.74, 6) is -0.208. The van der Waals surface area contributed by atoms with Crippen molar-refractivity contribution >= 4 is 34.3 Å². The Morgan fingerprint density at radius 1 is 1.00 bits per heavy atom. The quantitative estimate of drug-likeness (QED) is 0.479. The van der Waals surface area contributed by atoms with E-state index in [2.05, 4.69) is 0 Å². The van der Waals surface area contributed by atoms with E-state index in [1.807, 2.05) is 35.0 Å². The molecule has 0 spiro atoms. The van der Waals surface area contributed by atoms with Gasteiger partial charge in [0, 0.05) is 27.5 Å². The van der Waals surface area contributed by atoms with E-state index in [0.29, 0.717) is 18.7 Å². The van der Waals surface area contributed by atoms with Crippen LogP contribution in [0.2, 0.25) is 0 Å². The Hall–Kier alpha value is -2.51. The Morgan fingerprint density at radius 3 is 2.12 bits per heavy atom. The maximum absolute atomic E-state index is 12.9. The number of hydrogen-bond donors (Lipinski definition) is 0. The van der Waals surface area contributed by atoms with Crippen molar-refractivity contribution in [1.82, 2.24) is 4.90 Å². The minimum absolute atomic E-state index is 0.0759. The summed E-state index contributed by atoms with van der Waals surface area (Å²) in [6, 6.07) is 13.7. The Kier molecular flexibility index (Phi) is 5.02. The Balaban J connectivity index is 1.87. The molecule has 0 aliphatic rings. The van der Waals surface area contributed by atoms with Gasteiger partial charge in [0.2, 0.25) is 0 Å². The lowest BCUT2D eigenvalue weighted by atomic mass is 10.1. The van der Waals surface area contributed by atoms with E-state index in [9.17, 15) is 14.9 Å². The molecule has 3 rings (SSSR count). The highest BCUT2D eigenvalue weighted by molar-refractivity contribution is 7.10. The van der Waals surface area contributed by atoms with E-state index < -0.39 is 4.92 Å². The first-order valence-corrected chi connectivity index (χ1v) is 8.98. The number of nitro groups is 1. The zero-order valence-electron chi connectivity index (χ0n) is 12.6. The molecule has 0 radical (unpaired) electrons. The minimum atomic E-state index is -0.486. The summed E-state index contributed by atoms with van der Waals surface area (Å²) in [5.41, 5.74) is 0.255. The van der Waals surface area contributed by atoms with Gasteiger partial charge in [-0.05, 0) is 29.0 Å². The van der Waals surface area contributed by atoms with Crippen LogP contribution in [0.4, 0.5) is 5.69 Å². The maximum atomic E-state index is 12.9. The molecule has 122 valence electrons. The van der Waals surface area contributed by atoms with Crippen LogP contribution in [0.25, 0.3) is 0 Å². The summed E-state index contributed by atoms with van der Waals surface area (Å²) < 4.78 is 0. The first-order valence-electron chi connectivity index (χ1n) is 7.22. The number of non-ortho nitro benzene ring substituents is 1. The second kappa shape index (κ2) is 7.37. The second-order valence-electron chi connectivity index (χ2n) is 5.13. The average molecular weight is 358 g/mol. The first-order chi connectivity index (χ1) is 11.6. The lowest BCUT2D eigenvalue weighted by Crippen LogP contribution is -2.29. The van der Waals surface area contributed by atoms with E-state index in [1.54, 1.807) is 39.7 Å². The van der Waals surface area contributed by atoms with Gasteiger partial charge in [-0.1, -0.05) is 18.2 Å². The smallest absolute Gasteiger partial charge is 0.270 e. The van der Waals surface area contributed by atoms with Crippen LogP contribution in [0, 0.1) is 10.1 Å². The highest BCUT2D eigenvalue weighted by Crippen LogP contribution is 2.21. The molecule has 0 unspecified atom stereocenters. The molecule has 0 atom stereocenters. The molecule has 0 N–H and O–H groups in total. The van der Waals surface area contributed by atoms with Gasteiger partial charge in [-0.25, -0.2) is 0 Å². The molecule has 2 aromatic heterocycles. The predicted octanol–water partition coefficient (Wildman–Crippen LogP) is 4.56. The molecule has 5 nitrogen and oxygen atoms in total. The van der Waals surface area contributed by atoms with Crippen LogP contribution in [0.3, 0.4) is 0 Å². The summed E-state index contributed by atoms with van der Waals surface area (Å²) in [7, 11) is 0. The van der Waals surface area contributed by atoms with Crippen molar-refractivity contribution in [3.8, 4) is 0 Å². The number of amides is 1. The highest BCUT2D eigenvalue weighted by atomic mass is 32.1. The number of nitrogens with zero attached hydrogens (tertiary/aromatic N) is 2. The lowest BCUT2D eigenvalue weighted by Gasteiger charge is -2.21. The van der Waals surface area contributed by atoms with Crippen LogP contribution in [0.15, 0.2) is 59.3 Å². The molecule has 2 heterocycles. The van der Waals surface area contributed by atoms with Crippen LogP contribution < -0.4 is 0 Å². The second-order valence-corrected chi connectivity index (χ2v) is 7.19. The number of nitro benzene ring substituents is 1. The first kappa shape index (κ1) is 16.4. The predicted molar refractivity (Wildman–Crippen MR) is 95.3 cm³/mol. The fourth-order valence-electron chi connectivity index (χ4n) is 2.32. The van der Waals surface area contributed by atoms with E-state index in [-0.39, 0.29) is 11.6 Å². The lowest BCUT2D eigenvalue weighted by molar-refractivity contribution is -0.384. The SMILES string of the molecule is O=C(c1cccc([N+](=O)[O-])c1)N(Cc1cccs1)Cc1cccs1. The van der Waals surface area contributed by atoms with Crippen LogP contribution in [-0.2, 0) is 13.1 Å². The van der Waals surface area contributed by atoms with E-state index in [1.165, 1.54) is 12.1 Å². The monoisotopic (exact) mass is 358 g/mol. The highest BCUT2D eigenvalue weighted by Gasteiger charge is 2.19. The number of carbonyl (C=O) groups excluding carboxylic acids is 1. The van der Waals surface area contributed by atoms with Crippen molar-refractivity contribution in [2.45, 2.75) is 13.1 Å². The summed E-state index contributed by atoms with van der Waals surface area (Å²) in [6.45, 7) is 0.966. The molecule has 0 fully saturated rings. The fourth-order valence-corrected chi connectivity index (χ4v) is 3.75. The van der Waals surface area contributed by atoms with Gasteiger partial charge in [-0.2, -0.15) is 0 Å². The zero-order chi connectivity index (χ0) is 16.9. The molecule has 0 saturated carbocycles. The van der Waals surface area contributed by atoms with Crippen LogP contribution in [0.5, 0.6) is 0 Å². The molecule has 3 aromatic rings. The zero-order valence-corrected chi connectivity index (χ0v) is 14.3. The number of carbonyl (C=O) groups is 1. The van der Waals surface area contributed by atoms with Crippen LogP contribution in [0.1, 0.15) is 20.1 Å². The van der Waals surface area contributed by atoms with Crippen LogP contribution in [-0.4, -0.2) is 15.7 Å².